The number of benzene rings is 2. The maximum absolute atomic E-state index is 12.0. The van der Waals surface area contributed by atoms with E-state index in [1.807, 2.05) is 54.6 Å². The summed E-state index contributed by atoms with van der Waals surface area (Å²) in [6.45, 7) is 2.58. The summed E-state index contributed by atoms with van der Waals surface area (Å²) in [6.07, 6.45) is 1.31. The zero-order valence-corrected chi connectivity index (χ0v) is 12.4. The average Bonchev–Trinajstić information content (AvgIpc) is 2.99. The third-order valence-corrected chi connectivity index (χ3v) is 3.38. The highest BCUT2D eigenvalue weighted by Gasteiger charge is 2.13. The predicted molar refractivity (Wildman–Crippen MR) is 85.1 cm³/mol. The summed E-state index contributed by atoms with van der Waals surface area (Å²) in [6, 6.07) is 17.5. The van der Waals surface area contributed by atoms with Crippen LogP contribution in [0, 0.1) is 0 Å². The molecular weight excluding hydrogens is 278 g/mol. The first kappa shape index (κ1) is 14.2. The van der Waals surface area contributed by atoms with Gasteiger partial charge < -0.3 is 9.47 Å². The predicted octanol–water partition coefficient (Wildman–Crippen LogP) is 4.22. The number of carbonyl (C=O) groups excluding carboxylic acids is 1. The van der Waals surface area contributed by atoms with E-state index in [0.29, 0.717) is 19.0 Å². The van der Waals surface area contributed by atoms with Crippen LogP contribution in [-0.2, 0) is 11.3 Å². The Morgan fingerprint density at radius 2 is 1.86 bits per heavy atom. The maximum Gasteiger partial charge on any atom is 0.418 e. The van der Waals surface area contributed by atoms with Crippen molar-refractivity contribution >= 4 is 17.0 Å². The normalized spacial score (nSPS) is 10.6. The number of nitrogens with zero attached hydrogens (tertiary/aromatic N) is 1. The van der Waals surface area contributed by atoms with Gasteiger partial charge in [0, 0.05) is 11.6 Å². The first-order chi connectivity index (χ1) is 10.8. The topological polar surface area (TPSA) is 40.5 Å². The Kier molecular flexibility index (Phi) is 4.10. The Morgan fingerprint density at radius 3 is 2.64 bits per heavy atom. The SMILES string of the molecule is CCOC(=O)n1ccc2cccc(OCc3ccccc3)c21. The minimum absolute atomic E-state index is 0.339. The molecule has 0 amide bonds. The first-order valence-electron chi connectivity index (χ1n) is 7.23. The highest BCUT2D eigenvalue weighted by molar-refractivity contribution is 5.93. The molecule has 1 heterocycles. The van der Waals surface area contributed by atoms with Gasteiger partial charge in [-0.25, -0.2) is 9.36 Å². The van der Waals surface area contributed by atoms with Crippen molar-refractivity contribution in [1.29, 1.82) is 0 Å². The standard InChI is InChI=1S/C18H17NO3/c1-2-21-18(20)19-12-11-15-9-6-10-16(17(15)19)22-13-14-7-4-3-5-8-14/h3-12H,2,13H2,1H3. The van der Waals surface area contributed by atoms with Crippen LogP contribution in [-0.4, -0.2) is 17.3 Å². The summed E-state index contributed by atoms with van der Waals surface area (Å²) in [4.78, 5) is 12.0. The lowest BCUT2D eigenvalue weighted by molar-refractivity contribution is 0.155. The Hall–Kier alpha value is -2.75. The van der Waals surface area contributed by atoms with Crippen LogP contribution in [0.3, 0.4) is 0 Å². The lowest BCUT2D eigenvalue weighted by atomic mass is 10.2. The molecule has 0 fully saturated rings. The Morgan fingerprint density at radius 1 is 1.05 bits per heavy atom. The maximum atomic E-state index is 12.0. The van der Waals surface area contributed by atoms with Crippen LogP contribution in [0.15, 0.2) is 60.8 Å². The van der Waals surface area contributed by atoms with Crippen LogP contribution in [0.25, 0.3) is 10.9 Å². The average molecular weight is 295 g/mol. The zero-order chi connectivity index (χ0) is 15.4. The minimum Gasteiger partial charge on any atom is -0.487 e. The Balaban J connectivity index is 1.92. The van der Waals surface area contributed by atoms with Crippen LogP contribution in [0.5, 0.6) is 5.75 Å². The second-order valence-electron chi connectivity index (χ2n) is 4.85. The molecule has 3 aromatic rings. The Bertz CT molecular complexity index is 777. The van der Waals surface area contributed by atoms with Gasteiger partial charge in [-0.05, 0) is 24.6 Å². The molecule has 4 nitrogen and oxygen atoms in total. The summed E-state index contributed by atoms with van der Waals surface area (Å²) in [5.41, 5.74) is 1.81. The number of hydrogen-bond acceptors (Lipinski definition) is 3. The van der Waals surface area contributed by atoms with Gasteiger partial charge in [-0.3, -0.25) is 0 Å². The lowest BCUT2D eigenvalue weighted by Gasteiger charge is -2.10. The molecule has 2 aromatic carbocycles. The van der Waals surface area contributed by atoms with Crippen molar-refractivity contribution in [3.05, 3.63) is 66.4 Å². The lowest BCUT2D eigenvalue weighted by Crippen LogP contribution is -2.12. The van der Waals surface area contributed by atoms with Gasteiger partial charge in [-0.1, -0.05) is 42.5 Å². The molecule has 0 radical (unpaired) electrons. The van der Waals surface area contributed by atoms with Crippen LogP contribution in [0.4, 0.5) is 4.79 Å². The highest BCUT2D eigenvalue weighted by Crippen LogP contribution is 2.27. The molecule has 0 unspecified atom stereocenters. The van der Waals surface area contributed by atoms with Crippen molar-refractivity contribution in [2.75, 3.05) is 6.61 Å². The molecule has 1 aromatic heterocycles. The molecule has 22 heavy (non-hydrogen) atoms. The van der Waals surface area contributed by atoms with Gasteiger partial charge in [0.15, 0.2) is 0 Å². The fourth-order valence-corrected chi connectivity index (χ4v) is 2.36. The summed E-state index contributed by atoms with van der Waals surface area (Å²) in [5.74, 6) is 0.666. The fourth-order valence-electron chi connectivity index (χ4n) is 2.36. The molecule has 0 N–H and O–H groups in total. The van der Waals surface area contributed by atoms with Crippen LogP contribution >= 0.6 is 0 Å². The monoisotopic (exact) mass is 295 g/mol. The smallest absolute Gasteiger partial charge is 0.418 e. The van der Waals surface area contributed by atoms with E-state index in [9.17, 15) is 4.79 Å². The number of hydrogen-bond donors (Lipinski definition) is 0. The van der Waals surface area contributed by atoms with E-state index in [0.717, 1.165) is 16.5 Å². The van der Waals surface area contributed by atoms with Gasteiger partial charge in [0.2, 0.25) is 0 Å². The van der Waals surface area contributed by atoms with E-state index < -0.39 is 6.09 Å². The third-order valence-electron chi connectivity index (χ3n) is 3.38. The van der Waals surface area contributed by atoms with Crippen molar-refractivity contribution in [2.24, 2.45) is 0 Å². The van der Waals surface area contributed by atoms with Gasteiger partial charge in [-0.15, -0.1) is 0 Å². The van der Waals surface area contributed by atoms with Crippen molar-refractivity contribution in [3.63, 3.8) is 0 Å². The highest BCUT2D eigenvalue weighted by atomic mass is 16.5. The third kappa shape index (κ3) is 2.81. The Labute approximate surface area is 128 Å². The first-order valence-corrected chi connectivity index (χ1v) is 7.23. The van der Waals surface area contributed by atoms with Crippen molar-refractivity contribution in [1.82, 2.24) is 4.57 Å². The zero-order valence-electron chi connectivity index (χ0n) is 12.4. The number of ether oxygens (including phenoxy) is 2. The second kappa shape index (κ2) is 6.35. The van der Waals surface area contributed by atoms with E-state index in [-0.39, 0.29) is 0 Å². The van der Waals surface area contributed by atoms with E-state index in [2.05, 4.69) is 0 Å². The minimum atomic E-state index is -0.395. The van der Waals surface area contributed by atoms with E-state index >= 15 is 0 Å². The van der Waals surface area contributed by atoms with Crippen molar-refractivity contribution in [3.8, 4) is 5.75 Å². The van der Waals surface area contributed by atoms with Crippen LogP contribution < -0.4 is 4.74 Å². The van der Waals surface area contributed by atoms with Crippen molar-refractivity contribution in [2.45, 2.75) is 13.5 Å². The molecule has 0 aliphatic heterocycles. The fraction of sp³-hybridized carbons (Fsp3) is 0.167. The van der Waals surface area contributed by atoms with Gasteiger partial charge >= 0.3 is 6.09 Å². The van der Waals surface area contributed by atoms with Gasteiger partial charge in [0.05, 0.1) is 6.61 Å². The molecule has 0 saturated heterocycles. The van der Waals surface area contributed by atoms with Gasteiger partial charge in [-0.2, -0.15) is 0 Å². The van der Waals surface area contributed by atoms with Gasteiger partial charge in [0.25, 0.3) is 0 Å². The van der Waals surface area contributed by atoms with Crippen LogP contribution in [0.1, 0.15) is 12.5 Å². The van der Waals surface area contributed by atoms with Crippen molar-refractivity contribution < 1.29 is 14.3 Å². The molecule has 3 rings (SSSR count). The number of fused-ring (bicyclic) bond motifs is 1. The summed E-state index contributed by atoms with van der Waals surface area (Å²) in [7, 11) is 0. The second-order valence-corrected chi connectivity index (χ2v) is 4.85. The van der Waals surface area contributed by atoms with Crippen LogP contribution in [0.2, 0.25) is 0 Å². The number of para-hydroxylation sites is 1. The molecule has 0 saturated carbocycles. The van der Waals surface area contributed by atoms with E-state index in [4.69, 9.17) is 9.47 Å². The number of aromatic nitrogens is 1. The quantitative estimate of drug-likeness (QED) is 0.723. The summed E-state index contributed by atoms with van der Waals surface area (Å²) < 4.78 is 12.5. The van der Waals surface area contributed by atoms with E-state index in [1.54, 1.807) is 13.1 Å². The largest absolute Gasteiger partial charge is 0.487 e. The molecule has 4 heteroatoms. The molecule has 112 valence electrons. The molecule has 0 spiro atoms. The number of carbonyl (C=O) groups is 1. The number of rotatable bonds is 4. The summed E-state index contributed by atoms with van der Waals surface area (Å²) >= 11 is 0. The molecule has 0 atom stereocenters. The van der Waals surface area contributed by atoms with E-state index in [1.165, 1.54) is 4.57 Å². The summed E-state index contributed by atoms with van der Waals surface area (Å²) in [5, 5.41) is 0.943. The molecule has 0 aliphatic rings. The molecular formula is C18H17NO3. The van der Waals surface area contributed by atoms with Gasteiger partial charge in [0.1, 0.15) is 17.9 Å². The molecule has 0 aliphatic carbocycles. The molecule has 0 bridgehead atoms.